The van der Waals surface area contributed by atoms with Crippen LogP contribution in [0.15, 0.2) is 12.3 Å². The normalized spacial score (nSPS) is 12.2. The van der Waals surface area contributed by atoms with Crippen molar-refractivity contribution in [2.75, 3.05) is 0 Å². The molecule has 62 valence electrons. The Morgan fingerprint density at radius 1 is 1.75 bits per heavy atom. The number of rotatable bonds is 1. The molecule has 0 amide bonds. The fourth-order valence-corrected chi connectivity index (χ4v) is 0.784. The zero-order valence-corrected chi connectivity index (χ0v) is 6.58. The number of aromatic nitrogens is 1. The highest BCUT2D eigenvalue weighted by molar-refractivity contribution is 5.26. The lowest BCUT2D eigenvalue weighted by Crippen LogP contribution is -2.06. The van der Waals surface area contributed by atoms with E-state index >= 15 is 0 Å². The van der Waals surface area contributed by atoms with Gasteiger partial charge in [-0.25, -0.2) is 9.37 Å². The topological polar surface area (TPSA) is 62.7 Å². The lowest BCUT2D eigenvalue weighted by atomic mass is 10.1. The van der Waals surface area contributed by atoms with E-state index in [2.05, 4.69) is 4.98 Å². The highest BCUT2D eigenvalue weighted by Crippen LogP contribution is 2.11. The standard InChI is InChI=1S/C8H8FN3/c1-5(11)6-2-7(9)8(3-10)12-4-6/h2,4-5H,11H2,1H3/t5-/m0/s1. The number of nitrogens with two attached hydrogens (primary N) is 1. The van der Waals surface area contributed by atoms with Crippen molar-refractivity contribution in [3.05, 3.63) is 29.3 Å². The maximum absolute atomic E-state index is 12.9. The maximum Gasteiger partial charge on any atom is 0.176 e. The predicted octanol–water partition coefficient (Wildman–Crippen LogP) is 1.11. The summed E-state index contributed by atoms with van der Waals surface area (Å²) in [6.07, 6.45) is 1.41. The van der Waals surface area contributed by atoms with Crippen LogP contribution >= 0.6 is 0 Å². The van der Waals surface area contributed by atoms with Gasteiger partial charge in [-0.1, -0.05) is 0 Å². The van der Waals surface area contributed by atoms with E-state index in [-0.39, 0.29) is 11.7 Å². The Morgan fingerprint density at radius 3 is 2.83 bits per heavy atom. The molecule has 0 aliphatic heterocycles. The second kappa shape index (κ2) is 3.28. The number of hydrogen-bond donors (Lipinski definition) is 1. The molecular weight excluding hydrogens is 157 g/mol. The summed E-state index contributed by atoms with van der Waals surface area (Å²) >= 11 is 0. The van der Waals surface area contributed by atoms with Gasteiger partial charge in [0.15, 0.2) is 11.5 Å². The smallest absolute Gasteiger partial charge is 0.176 e. The quantitative estimate of drug-likeness (QED) is 0.678. The van der Waals surface area contributed by atoms with Gasteiger partial charge in [0.25, 0.3) is 0 Å². The molecule has 1 aromatic rings. The van der Waals surface area contributed by atoms with E-state index in [1.807, 2.05) is 0 Å². The molecular formula is C8H8FN3. The van der Waals surface area contributed by atoms with Crippen LogP contribution < -0.4 is 5.73 Å². The molecule has 1 heterocycles. The average Bonchev–Trinajstić information content (AvgIpc) is 2.04. The molecule has 0 aliphatic carbocycles. The zero-order valence-electron chi connectivity index (χ0n) is 6.58. The second-order valence-corrected chi connectivity index (χ2v) is 2.50. The third-order valence-corrected chi connectivity index (χ3v) is 1.49. The van der Waals surface area contributed by atoms with E-state index in [1.54, 1.807) is 13.0 Å². The van der Waals surface area contributed by atoms with E-state index in [0.717, 1.165) is 0 Å². The molecule has 0 radical (unpaired) electrons. The molecule has 0 aromatic carbocycles. The Balaban J connectivity index is 3.12. The summed E-state index contributed by atoms with van der Waals surface area (Å²) < 4.78 is 12.9. The van der Waals surface area contributed by atoms with Crippen molar-refractivity contribution in [1.82, 2.24) is 4.98 Å². The number of pyridine rings is 1. The first-order chi connectivity index (χ1) is 5.65. The van der Waals surface area contributed by atoms with E-state index < -0.39 is 5.82 Å². The van der Waals surface area contributed by atoms with Gasteiger partial charge < -0.3 is 5.73 Å². The summed E-state index contributed by atoms with van der Waals surface area (Å²) in [5.74, 6) is -0.618. The van der Waals surface area contributed by atoms with Crippen LogP contribution in [0.25, 0.3) is 0 Å². The minimum atomic E-state index is -0.618. The van der Waals surface area contributed by atoms with Crippen molar-refractivity contribution >= 4 is 0 Å². The van der Waals surface area contributed by atoms with Gasteiger partial charge in [0, 0.05) is 12.2 Å². The molecule has 0 spiro atoms. The number of halogens is 1. The summed E-state index contributed by atoms with van der Waals surface area (Å²) in [7, 11) is 0. The van der Waals surface area contributed by atoms with Gasteiger partial charge in [0.2, 0.25) is 0 Å². The summed E-state index contributed by atoms with van der Waals surface area (Å²) in [5.41, 5.74) is 5.88. The monoisotopic (exact) mass is 165 g/mol. The van der Waals surface area contributed by atoms with E-state index in [4.69, 9.17) is 11.0 Å². The minimum Gasteiger partial charge on any atom is -0.324 e. The van der Waals surface area contributed by atoms with Gasteiger partial charge in [-0.05, 0) is 18.6 Å². The number of hydrogen-bond acceptors (Lipinski definition) is 3. The first kappa shape index (κ1) is 8.62. The Labute approximate surface area is 69.6 Å². The SMILES string of the molecule is C[C@H](N)c1cnc(C#N)c(F)c1. The number of nitrogens with zero attached hydrogens (tertiary/aromatic N) is 2. The first-order valence-corrected chi connectivity index (χ1v) is 3.46. The third kappa shape index (κ3) is 1.57. The van der Waals surface area contributed by atoms with Crippen molar-refractivity contribution in [3.8, 4) is 6.07 Å². The zero-order chi connectivity index (χ0) is 9.14. The summed E-state index contributed by atoms with van der Waals surface area (Å²) in [6.45, 7) is 1.72. The fraction of sp³-hybridized carbons (Fsp3) is 0.250. The van der Waals surface area contributed by atoms with Crippen LogP contribution in [0.4, 0.5) is 4.39 Å². The summed E-state index contributed by atoms with van der Waals surface area (Å²) in [4.78, 5) is 3.60. The van der Waals surface area contributed by atoms with Gasteiger partial charge in [-0.3, -0.25) is 0 Å². The molecule has 0 saturated carbocycles. The van der Waals surface area contributed by atoms with Crippen LogP contribution in [0.5, 0.6) is 0 Å². The lowest BCUT2D eigenvalue weighted by Gasteiger charge is -2.03. The third-order valence-electron chi connectivity index (χ3n) is 1.49. The highest BCUT2D eigenvalue weighted by atomic mass is 19.1. The Hall–Kier alpha value is -1.47. The van der Waals surface area contributed by atoms with Crippen LogP contribution in [-0.4, -0.2) is 4.98 Å². The van der Waals surface area contributed by atoms with Crippen molar-refractivity contribution in [2.45, 2.75) is 13.0 Å². The minimum absolute atomic E-state index is 0.195. The van der Waals surface area contributed by atoms with Crippen molar-refractivity contribution < 1.29 is 4.39 Å². The summed E-state index contributed by atoms with van der Waals surface area (Å²) in [5, 5.41) is 8.36. The van der Waals surface area contributed by atoms with E-state index in [0.29, 0.717) is 5.56 Å². The van der Waals surface area contributed by atoms with E-state index in [9.17, 15) is 4.39 Å². The molecule has 1 atom stereocenters. The molecule has 0 saturated heterocycles. The first-order valence-electron chi connectivity index (χ1n) is 3.46. The van der Waals surface area contributed by atoms with Crippen LogP contribution in [0.2, 0.25) is 0 Å². The fourth-order valence-electron chi connectivity index (χ4n) is 0.784. The predicted molar refractivity (Wildman–Crippen MR) is 41.5 cm³/mol. The highest BCUT2D eigenvalue weighted by Gasteiger charge is 2.06. The van der Waals surface area contributed by atoms with Crippen LogP contribution in [0.3, 0.4) is 0 Å². The molecule has 4 heteroatoms. The van der Waals surface area contributed by atoms with Crippen LogP contribution in [-0.2, 0) is 0 Å². The largest absolute Gasteiger partial charge is 0.324 e. The van der Waals surface area contributed by atoms with Crippen molar-refractivity contribution in [1.29, 1.82) is 5.26 Å². The van der Waals surface area contributed by atoms with E-state index in [1.165, 1.54) is 12.3 Å². The second-order valence-electron chi connectivity index (χ2n) is 2.50. The van der Waals surface area contributed by atoms with Crippen molar-refractivity contribution in [2.24, 2.45) is 5.73 Å². The van der Waals surface area contributed by atoms with Gasteiger partial charge >= 0.3 is 0 Å². The Kier molecular flexibility index (Phi) is 2.36. The molecule has 0 aliphatic rings. The molecule has 1 rings (SSSR count). The molecule has 1 aromatic heterocycles. The summed E-state index contributed by atoms with van der Waals surface area (Å²) in [6, 6.07) is 2.60. The van der Waals surface area contributed by atoms with Gasteiger partial charge in [-0.2, -0.15) is 5.26 Å². The van der Waals surface area contributed by atoms with Gasteiger partial charge in [-0.15, -0.1) is 0 Å². The molecule has 0 bridgehead atoms. The molecule has 2 N–H and O–H groups in total. The molecule has 12 heavy (non-hydrogen) atoms. The maximum atomic E-state index is 12.9. The Bertz CT molecular complexity index is 328. The van der Waals surface area contributed by atoms with Crippen LogP contribution in [0.1, 0.15) is 24.2 Å². The Morgan fingerprint density at radius 2 is 2.42 bits per heavy atom. The molecule has 0 unspecified atom stereocenters. The van der Waals surface area contributed by atoms with Gasteiger partial charge in [0.1, 0.15) is 6.07 Å². The average molecular weight is 165 g/mol. The molecule has 0 fully saturated rings. The lowest BCUT2D eigenvalue weighted by molar-refractivity contribution is 0.610. The van der Waals surface area contributed by atoms with Crippen LogP contribution in [0, 0.1) is 17.1 Å². The van der Waals surface area contributed by atoms with Gasteiger partial charge in [0.05, 0.1) is 0 Å². The van der Waals surface area contributed by atoms with Crippen molar-refractivity contribution in [3.63, 3.8) is 0 Å². The molecule has 3 nitrogen and oxygen atoms in total. The number of nitriles is 1.